The van der Waals surface area contributed by atoms with Crippen molar-refractivity contribution in [2.75, 3.05) is 13.2 Å². The van der Waals surface area contributed by atoms with Gasteiger partial charge in [-0.15, -0.1) is 0 Å². The van der Waals surface area contributed by atoms with Crippen molar-refractivity contribution in [3.63, 3.8) is 0 Å². The molecule has 4 heteroatoms. The first-order chi connectivity index (χ1) is 7.57. The summed E-state index contributed by atoms with van der Waals surface area (Å²) in [7, 11) is 0. The summed E-state index contributed by atoms with van der Waals surface area (Å²) in [6.45, 7) is 9.82. The van der Waals surface area contributed by atoms with E-state index >= 15 is 0 Å². The van der Waals surface area contributed by atoms with Gasteiger partial charge in [-0.1, -0.05) is 13.8 Å². The van der Waals surface area contributed by atoms with Crippen LogP contribution in [0.15, 0.2) is 12.5 Å². The normalized spacial score (nSPS) is 15.4. The van der Waals surface area contributed by atoms with Crippen LogP contribution in [0.4, 0.5) is 0 Å². The molecule has 0 saturated carbocycles. The Labute approximate surface area is 97.8 Å². The molecule has 1 aromatic rings. The number of nitrogens with zero attached hydrogens (tertiary/aromatic N) is 2. The molecule has 1 aromatic heterocycles. The van der Waals surface area contributed by atoms with E-state index in [2.05, 4.69) is 23.4 Å². The molecule has 0 aliphatic carbocycles. The maximum atomic E-state index is 5.92. The largest absolute Gasteiger partial charge is 0.380 e. The van der Waals surface area contributed by atoms with Crippen molar-refractivity contribution >= 4 is 0 Å². The minimum atomic E-state index is 0.00498. The van der Waals surface area contributed by atoms with Crippen LogP contribution in [0.2, 0.25) is 0 Å². The minimum absolute atomic E-state index is 0.00498. The summed E-state index contributed by atoms with van der Waals surface area (Å²) in [5, 5.41) is 0. The second-order valence-electron chi connectivity index (χ2n) is 4.49. The molecule has 16 heavy (non-hydrogen) atoms. The first-order valence-corrected chi connectivity index (χ1v) is 5.93. The highest BCUT2D eigenvalue weighted by Gasteiger charge is 2.19. The first kappa shape index (κ1) is 13.2. The summed E-state index contributed by atoms with van der Waals surface area (Å²) >= 11 is 0. The third-order valence-electron chi connectivity index (χ3n) is 2.78. The fourth-order valence-corrected chi connectivity index (χ4v) is 1.78. The van der Waals surface area contributed by atoms with Gasteiger partial charge in [-0.2, -0.15) is 0 Å². The average molecular weight is 225 g/mol. The monoisotopic (exact) mass is 225 g/mol. The summed E-state index contributed by atoms with van der Waals surface area (Å²) in [4.78, 5) is 4.18. The predicted octanol–water partition coefficient (Wildman–Crippen LogP) is 2.14. The Kier molecular flexibility index (Phi) is 4.96. The highest BCUT2D eigenvalue weighted by molar-refractivity contribution is 5.05. The molecule has 0 spiro atoms. The topological polar surface area (TPSA) is 53.1 Å². The van der Waals surface area contributed by atoms with Gasteiger partial charge in [0.2, 0.25) is 0 Å². The van der Waals surface area contributed by atoms with Gasteiger partial charge in [0.15, 0.2) is 0 Å². The molecule has 0 amide bonds. The smallest absolute Gasteiger partial charge is 0.0952 e. The standard InChI is InChI=1S/C12H23N3O/c1-5-16-7-12(9(2)3)15-8-14-6-11(15)10(4)13/h6,8-10,12H,5,7,13H2,1-4H3/t10-,12?/m1/s1. The lowest BCUT2D eigenvalue weighted by molar-refractivity contribution is 0.0950. The lowest BCUT2D eigenvalue weighted by Crippen LogP contribution is -2.24. The quantitative estimate of drug-likeness (QED) is 0.807. The van der Waals surface area contributed by atoms with E-state index < -0.39 is 0 Å². The predicted molar refractivity (Wildman–Crippen MR) is 65.2 cm³/mol. The number of imidazole rings is 1. The van der Waals surface area contributed by atoms with E-state index in [1.807, 2.05) is 26.4 Å². The summed E-state index contributed by atoms with van der Waals surface area (Å²) in [6.07, 6.45) is 3.69. The molecule has 1 unspecified atom stereocenters. The number of aromatic nitrogens is 2. The lowest BCUT2D eigenvalue weighted by Gasteiger charge is -2.25. The molecule has 0 radical (unpaired) electrons. The van der Waals surface area contributed by atoms with E-state index in [-0.39, 0.29) is 6.04 Å². The van der Waals surface area contributed by atoms with Crippen LogP contribution >= 0.6 is 0 Å². The third-order valence-corrected chi connectivity index (χ3v) is 2.78. The zero-order valence-corrected chi connectivity index (χ0v) is 10.7. The maximum absolute atomic E-state index is 5.92. The van der Waals surface area contributed by atoms with Crippen molar-refractivity contribution < 1.29 is 4.74 Å². The Balaban J connectivity index is 2.87. The molecule has 0 fully saturated rings. The van der Waals surface area contributed by atoms with Gasteiger partial charge in [-0.25, -0.2) is 4.98 Å². The number of nitrogens with two attached hydrogens (primary N) is 1. The summed E-state index contributed by atoms with van der Waals surface area (Å²) in [6, 6.07) is 0.314. The van der Waals surface area contributed by atoms with Crippen LogP contribution < -0.4 is 5.73 Å². The molecule has 92 valence electrons. The van der Waals surface area contributed by atoms with Crippen LogP contribution in [0, 0.1) is 5.92 Å². The van der Waals surface area contributed by atoms with Gasteiger partial charge in [-0.3, -0.25) is 0 Å². The summed E-state index contributed by atoms with van der Waals surface area (Å²) in [5.74, 6) is 0.498. The fourth-order valence-electron chi connectivity index (χ4n) is 1.78. The molecular formula is C12H23N3O. The van der Waals surface area contributed by atoms with Gasteiger partial charge >= 0.3 is 0 Å². The molecule has 0 saturated heterocycles. The van der Waals surface area contributed by atoms with Crippen molar-refractivity contribution in [1.82, 2.24) is 9.55 Å². The molecule has 2 N–H and O–H groups in total. The van der Waals surface area contributed by atoms with Crippen LogP contribution in [-0.2, 0) is 4.74 Å². The van der Waals surface area contributed by atoms with Crippen LogP contribution in [0.3, 0.4) is 0 Å². The Hall–Kier alpha value is -0.870. The van der Waals surface area contributed by atoms with Gasteiger partial charge in [-0.05, 0) is 19.8 Å². The van der Waals surface area contributed by atoms with Crippen molar-refractivity contribution in [3.05, 3.63) is 18.2 Å². The molecule has 4 nitrogen and oxygen atoms in total. The SMILES string of the molecule is CCOCC(C(C)C)n1cncc1[C@@H](C)N. The van der Waals surface area contributed by atoms with Gasteiger partial charge < -0.3 is 15.0 Å². The highest BCUT2D eigenvalue weighted by atomic mass is 16.5. The Morgan fingerprint density at radius 2 is 2.12 bits per heavy atom. The molecular weight excluding hydrogens is 202 g/mol. The summed E-state index contributed by atoms with van der Waals surface area (Å²) in [5.41, 5.74) is 6.99. The van der Waals surface area contributed by atoms with Crippen LogP contribution in [-0.4, -0.2) is 22.8 Å². The van der Waals surface area contributed by atoms with E-state index in [4.69, 9.17) is 10.5 Å². The first-order valence-electron chi connectivity index (χ1n) is 5.93. The van der Waals surface area contributed by atoms with Crippen LogP contribution in [0.5, 0.6) is 0 Å². The number of hydrogen-bond donors (Lipinski definition) is 1. The Morgan fingerprint density at radius 3 is 2.62 bits per heavy atom. The molecule has 0 aliphatic rings. The fraction of sp³-hybridized carbons (Fsp3) is 0.750. The van der Waals surface area contributed by atoms with E-state index in [9.17, 15) is 0 Å². The van der Waals surface area contributed by atoms with E-state index in [0.29, 0.717) is 18.6 Å². The van der Waals surface area contributed by atoms with Crippen molar-refractivity contribution in [3.8, 4) is 0 Å². The Morgan fingerprint density at radius 1 is 1.44 bits per heavy atom. The highest BCUT2D eigenvalue weighted by Crippen LogP contribution is 2.22. The minimum Gasteiger partial charge on any atom is -0.380 e. The van der Waals surface area contributed by atoms with E-state index in [1.54, 1.807) is 0 Å². The Bertz CT molecular complexity index is 307. The maximum Gasteiger partial charge on any atom is 0.0952 e. The lowest BCUT2D eigenvalue weighted by atomic mass is 10.0. The van der Waals surface area contributed by atoms with E-state index in [0.717, 1.165) is 12.3 Å². The van der Waals surface area contributed by atoms with Crippen molar-refractivity contribution in [1.29, 1.82) is 0 Å². The molecule has 0 aliphatic heterocycles. The molecule has 1 rings (SSSR count). The molecule has 0 bridgehead atoms. The van der Waals surface area contributed by atoms with Gasteiger partial charge in [0.25, 0.3) is 0 Å². The van der Waals surface area contributed by atoms with E-state index in [1.165, 1.54) is 0 Å². The average Bonchev–Trinajstić information content (AvgIpc) is 2.66. The zero-order valence-electron chi connectivity index (χ0n) is 10.7. The van der Waals surface area contributed by atoms with Gasteiger partial charge in [0.05, 0.1) is 24.7 Å². The number of hydrogen-bond acceptors (Lipinski definition) is 3. The van der Waals surface area contributed by atoms with Crippen LogP contribution in [0.1, 0.15) is 45.5 Å². The second kappa shape index (κ2) is 6.01. The molecule has 0 aromatic carbocycles. The third kappa shape index (κ3) is 3.06. The summed E-state index contributed by atoms with van der Waals surface area (Å²) < 4.78 is 7.67. The zero-order chi connectivity index (χ0) is 12.1. The number of rotatable bonds is 6. The van der Waals surface area contributed by atoms with Gasteiger partial charge in [0, 0.05) is 18.8 Å². The van der Waals surface area contributed by atoms with Crippen molar-refractivity contribution in [2.24, 2.45) is 11.7 Å². The van der Waals surface area contributed by atoms with Crippen LogP contribution in [0.25, 0.3) is 0 Å². The molecule has 1 heterocycles. The second-order valence-corrected chi connectivity index (χ2v) is 4.49. The number of ether oxygens (including phenoxy) is 1. The van der Waals surface area contributed by atoms with Gasteiger partial charge in [0.1, 0.15) is 0 Å². The molecule has 2 atom stereocenters. The van der Waals surface area contributed by atoms with Crippen molar-refractivity contribution in [2.45, 2.75) is 39.8 Å².